The van der Waals surface area contributed by atoms with E-state index in [-0.39, 0.29) is 11.3 Å². The van der Waals surface area contributed by atoms with Crippen molar-refractivity contribution >= 4 is 28.2 Å². The van der Waals surface area contributed by atoms with Gasteiger partial charge in [-0.3, -0.25) is 10.1 Å². The van der Waals surface area contributed by atoms with Gasteiger partial charge in [-0.2, -0.15) is 0 Å². The smallest absolute Gasteiger partial charge is 0.261 e. The number of aromatic nitrogens is 2. The molecule has 6 nitrogen and oxygen atoms in total. The molecule has 1 aliphatic heterocycles. The first kappa shape index (κ1) is 20.5. The lowest BCUT2D eigenvalue weighted by atomic mass is 9.86. The highest BCUT2D eigenvalue weighted by molar-refractivity contribution is 7.14. The molecule has 3 aromatic rings. The van der Waals surface area contributed by atoms with Crippen LogP contribution in [-0.2, 0) is 10.2 Å². The van der Waals surface area contributed by atoms with Crippen LogP contribution in [0.1, 0.15) is 36.7 Å². The minimum absolute atomic E-state index is 0.113. The number of benzene rings is 1. The number of carbonyl (C=O) groups excluding carboxylic acids is 1. The third-order valence-corrected chi connectivity index (χ3v) is 5.87. The zero-order valence-corrected chi connectivity index (χ0v) is 18.3. The van der Waals surface area contributed by atoms with Crippen LogP contribution < -0.4 is 10.2 Å². The van der Waals surface area contributed by atoms with Gasteiger partial charge in [-0.1, -0.05) is 45.0 Å². The summed E-state index contributed by atoms with van der Waals surface area (Å²) in [6, 6.07) is 12.0. The molecule has 1 saturated heterocycles. The van der Waals surface area contributed by atoms with Crippen molar-refractivity contribution in [2.24, 2.45) is 0 Å². The predicted molar refractivity (Wildman–Crippen MR) is 121 cm³/mol. The summed E-state index contributed by atoms with van der Waals surface area (Å²) < 4.78 is 5.41. The van der Waals surface area contributed by atoms with Crippen molar-refractivity contribution in [2.75, 3.05) is 36.5 Å². The number of anilines is 2. The molecule has 0 saturated carbocycles. The van der Waals surface area contributed by atoms with Gasteiger partial charge in [0.05, 0.1) is 24.5 Å². The first-order chi connectivity index (χ1) is 14.4. The van der Waals surface area contributed by atoms with E-state index in [0.717, 1.165) is 24.3 Å². The fourth-order valence-corrected chi connectivity index (χ4v) is 4.09. The van der Waals surface area contributed by atoms with Crippen molar-refractivity contribution in [1.29, 1.82) is 0 Å². The molecule has 3 heterocycles. The molecule has 1 fully saturated rings. The van der Waals surface area contributed by atoms with Gasteiger partial charge in [0.2, 0.25) is 0 Å². The largest absolute Gasteiger partial charge is 0.378 e. The van der Waals surface area contributed by atoms with E-state index < -0.39 is 0 Å². The third-order valence-electron chi connectivity index (χ3n) is 5.11. The highest BCUT2D eigenvalue weighted by Gasteiger charge is 2.21. The number of hydrogen-bond donors (Lipinski definition) is 1. The second-order valence-electron chi connectivity index (χ2n) is 8.29. The van der Waals surface area contributed by atoms with Crippen molar-refractivity contribution in [3.63, 3.8) is 0 Å². The summed E-state index contributed by atoms with van der Waals surface area (Å²) in [4.78, 5) is 24.1. The Morgan fingerprint density at radius 1 is 1.13 bits per heavy atom. The molecule has 0 aliphatic carbocycles. The van der Waals surface area contributed by atoms with Gasteiger partial charge >= 0.3 is 0 Å². The molecule has 0 bridgehead atoms. The number of morpholine rings is 1. The lowest BCUT2D eigenvalue weighted by Gasteiger charge is -2.29. The van der Waals surface area contributed by atoms with Gasteiger partial charge in [-0.25, -0.2) is 9.97 Å². The van der Waals surface area contributed by atoms with Crippen LogP contribution in [0.25, 0.3) is 11.3 Å². The van der Waals surface area contributed by atoms with Gasteiger partial charge < -0.3 is 9.64 Å². The van der Waals surface area contributed by atoms with Crippen molar-refractivity contribution in [3.05, 3.63) is 59.1 Å². The minimum atomic E-state index is -0.200. The summed E-state index contributed by atoms with van der Waals surface area (Å²) in [5.41, 5.74) is 3.83. The molecule has 0 unspecified atom stereocenters. The summed E-state index contributed by atoms with van der Waals surface area (Å²) in [6.07, 6.45) is 1.71. The van der Waals surface area contributed by atoms with E-state index in [1.807, 2.05) is 5.38 Å². The number of thiazole rings is 1. The Bertz CT molecular complexity index is 1020. The van der Waals surface area contributed by atoms with E-state index in [1.165, 1.54) is 16.9 Å². The molecule has 156 valence electrons. The standard InChI is InChI=1S/C23H26N4O2S/c1-23(2,3)17-8-6-16(7-9-17)19-15-30-22(25-19)26-21(28)18-5-4-10-24-20(18)27-11-13-29-14-12-27/h4-10,15H,11-14H2,1-3H3,(H,25,26,28). The van der Waals surface area contributed by atoms with Crippen molar-refractivity contribution in [1.82, 2.24) is 9.97 Å². The van der Waals surface area contributed by atoms with Crippen LogP contribution in [-0.4, -0.2) is 42.2 Å². The topological polar surface area (TPSA) is 67.4 Å². The Hall–Kier alpha value is -2.77. The van der Waals surface area contributed by atoms with Crippen LogP contribution >= 0.6 is 11.3 Å². The molecular formula is C23H26N4O2S. The molecule has 4 rings (SSSR count). The van der Waals surface area contributed by atoms with Crippen LogP contribution in [0.3, 0.4) is 0 Å². The summed E-state index contributed by atoms with van der Waals surface area (Å²) in [7, 11) is 0. The SMILES string of the molecule is CC(C)(C)c1ccc(-c2csc(NC(=O)c3cccnc3N3CCOCC3)n2)cc1. The predicted octanol–water partition coefficient (Wildman–Crippen LogP) is 4.59. The van der Waals surface area contributed by atoms with E-state index in [2.05, 4.69) is 65.2 Å². The van der Waals surface area contributed by atoms with Crippen LogP contribution in [0.15, 0.2) is 48.0 Å². The molecule has 1 amide bonds. The number of pyridine rings is 1. The van der Waals surface area contributed by atoms with E-state index in [0.29, 0.717) is 29.7 Å². The average Bonchev–Trinajstić information content (AvgIpc) is 3.22. The van der Waals surface area contributed by atoms with Crippen LogP contribution in [0.2, 0.25) is 0 Å². The molecule has 0 radical (unpaired) electrons. The van der Waals surface area contributed by atoms with Gasteiger partial charge in [-0.15, -0.1) is 11.3 Å². The average molecular weight is 423 g/mol. The molecule has 1 aromatic carbocycles. The van der Waals surface area contributed by atoms with Gasteiger partial charge in [0.15, 0.2) is 5.13 Å². The Balaban J connectivity index is 1.50. The van der Waals surface area contributed by atoms with E-state index in [4.69, 9.17) is 4.74 Å². The summed E-state index contributed by atoms with van der Waals surface area (Å²) >= 11 is 1.42. The van der Waals surface area contributed by atoms with E-state index >= 15 is 0 Å². The highest BCUT2D eigenvalue weighted by Crippen LogP contribution is 2.29. The van der Waals surface area contributed by atoms with Crippen molar-refractivity contribution in [3.8, 4) is 11.3 Å². The van der Waals surface area contributed by atoms with E-state index in [1.54, 1.807) is 18.3 Å². The molecule has 2 aromatic heterocycles. The molecule has 30 heavy (non-hydrogen) atoms. The molecule has 0 atom stereocenters. The number of carbonyl (C=O) groups is 1. The Morgan fingerprint density at radius 2 is 1.87 bits per heavy atom. The van der Waals surface area contributed by atoms with Crippen LogP contribution in [0.4, 0.5) is 10.9 Å². The first-order valence-corrected chi connectivity index (χ1v) is 11.0. The number of hydrogen-bond acceptors (Lipinski definition) is 6. The van der Waals surface area contributed by atoms with E-state index in [9.17, 15) is 4.79 Å². The minimum Gasteiger partial charge on any atom is -0.378 e. The number of amides is 1. The second-order valence-corrected chi connectivity index (χ2v) is 9.15. The van der Waals surface area contributed by atoms with Crippen LogP contribution in [0.5, 0.6) is 0 Å². The maximum Gasteiger partial charge on any atom is 0.261 e. The zero-order valence-electron chi connectivity index (χ0n) is 17.5. The summed E-state index contributed by atoms with van der Waals surface area (Å²) in [6.45, 7) is 9.32. The Labute approximate surface area is 180 Å². The number of ether oxygens (including phenoxy) is 1. The fraction of sp³-hybridized carbons (Fsp3) is 0.348. The monoisotopic (exact) mass is 422 g/mol. The maximum atomic E-state index is 12.9. The highest BCUT2D eigenvalue weighted by atomic mass is 32.1. The van der Waals surface area contributed by atoms with Crippen LogP contribution in [0, 0.1) is 0 Å². The van der Waals surface area contributed by atoms with Gasteiger partial charge in [-0.05, 0) is 23.1 Å². The lowest BCUT2D eigenvalue weighted by molar-refractivity contribution is 0.102. The quantitative estimate of drug-likeness (QED) is 0.666. The van der Waals surface area contributed by atoms with Crippen molar-refractivity contribution in [2.45, 2.75) is 26.2 Å². The number of nitrogens with one attached hydrogen (secondary N) is 1. The Kier molecular flexibility index (Phi) is 5.83. The van der Waals surface area contributed by atoms with Crippen molar-refractivity contribution < 1.29 is 9.53 Å². The number of nitrogens with zero attached hydrogens (tertiary/aromatic N) is 3. The lowest BCUT2D eigenvalue weighted by Crippen LogP contribution is -2.38. The molecule has 1 aliphatic rings. The summed E-state index contributed by atoms with van der Waals surface area (Å²) in [5, 5.41) is 5.48. The second kappa shape index (κ2) is 8.53. The molecule has 1 N–H and O–H groups in total. The molecular weight excluding hydrogens is 396 g/mol. The zero-order chi connectivity index (χ0) is 21.1. The van der Waals surface area contributed by atoms with Gasteiger partial charge in [0.1, 0.15) is 5.82 Å². The Morgan fingerprint density at radius 3 is 2.57 bits per heavy atom. The fourth-order valence-electron chi connectivity index (χ4n) is 3.37. The van der Waals surface area contributed by atoms with Gasteiger partial charge in [0.25, 0.3) is 5.91 Å². The van der Waals surface area contributed by atoms with Gasteiger partial charge in [0, 0.05) is 30.2 Å². The molecule has 0 spiro atoms. The first-order valence-electron chi connectivity index (χ1n) is 10.1. The maximum absolute atomic E-state index is 12.9. The number of rotatable bonds is 4. The third kappa shape index (κ3) is 4.52. The summed E-state index contributed by atoms with van der Waals surface area (Å²) in [5.74, 6) is 0.487. The normalized spacial score (nSPS) is 14.6. The molecule has 7 heteroatoms.